The molecular formula is C17H11ClN4O. The molecular weight excluding hydrogens is 312 g/mol. The molecule has 0 aliphatic rings. The fourth-order valence-corrected chi connectivity index (χ4v) is 2.79. The second-order valence-electron chi connectivity index (χ2n) is 5.20. The third-order valence-electron chi connectivity index (χ3n) is 3.71. The first-order chi connectivity index (χ1) is 11.2. The Labute approximate surface area is 136 Å². The van der Waals surface area contributed by atoms with Crippen molar-refractivity contribution in [1.82, 2.24) is 19.5 Å². The van der Waals surface area contributed by atoms with Gasteiger partial charge in [-0.1, -0.05) is 11.6 Å². The highest BCUT2D eigenvalue weighted by Crippen LogP contribution is 2.20. The molecule has 0 aliphatic heterocycles. The maximum absolute atomic E-state index is 12.5. The van der Waals surface area contributed by atoms with Crippen molar-refractivity contribution in [3.05, 3.63) is 76.2 Å². The van der Waals surface area contributed by atoms with Crippen LogP contribution < -0.4 is 5.56 Å². The van der Waals surface area contributed by atoms with Crippen LogP contribution in [0.2, 0.25) is 5.15 Å². The highest BCUT2D eigenvalue weighted by molar-refractivity contribution is 6.34. The molecule has 0 fully saturated rings. The molecule has 0 radical (unpaired) electrons. The van der Waals surface area contributed by atoms with Gasteiger partial charge in [-0.3, -0.25) is 14.8 Å². The van der Waals surface area contributed by atoms with Crippen LogP contribution in [0.15, 0.2) is 59.9 Å². The summed E-state index contributed by atoms with van der Waals surface area (Å²) in [6.45, 7) is 0.415. The van der Waals surface area contributed by atoms with E-state index in [1.54, 1.807) is 47.6 Å². The van der Waals surface area contributed by atoms with Crippen LogP contribution in [0, 0.1) is 0 Å². The molecule has 0 atom stereocenters. The lowest BCUT2D eigenvalue weighted by atomic mass is 10.2. The molecule has 112 valence electrons. The predicted octanol–water partition coefficient (Wildman–Crippen LogP) is 3.04. The first-order valence-electron chi connectivity index (χ1n) is 7.06. The molecule has 0 N–H and O–H groups in total. The third-order valence-corrected chi connectivity index (χ3v) is 4.01. The zero-order valence-corrected chi connectivity index (χ0v) is 12.7. The Balaban J connectivity index is 1.80. The van der Waals surface area contributed by atoms with E-state index in [2.05, 4.69) is 15.0 Å². The molecule has 6 heteroatoms. The average Bonchev–Trinajstić information content (AvgIpc) is 2.58. The van der Waals surface area contributed by atoms with Crippen LogP contribution in [0.1, 0.15) is 5.56 Å². The Kier molecular flexibility index (Phi) is 3.28. The molecule has 0 aliphatic carbocycles. The van der Waals surface area contributed by atoms with Gasteiger partial charge in [0.25, 0.3) is 5.56 Å². The fourth-order valence-electron chi connectivity index (χ4n) is 2.58. The van der Waals surface area contributed by atoms with E-state index in [1.165, 1.54) is 0 Å². The number of aromatic nitrogens is 4. The van der Waals surface area contributed by atoms with Gasteiger partial charge in [0, 0.05) is 30.2 Å². The van der Waals surface area contributed by atoms with Crippen molar-refractivity contribution in [2.24, 2.45) is 0 Å². The van der Waals surface area contributed by atoms with E-state index in [4.69, 9.17) is 11.6 Å². The van der Waals surface area contributed by atoms with Crippen LogP contribution in [-0.4, -0.2) is 19.5 Å². The molecule has 4 aromatic heterocycles. The predicted molar refractivity (Wildman–Crippen MR) is 89.7 cm³/mol. The highest BCUT2D eigenvalue weighted by Gasteiger charge is 2.06. The van der Waals surface area contributed by atoms with Crippen molar-refractivity contribution in [2.45, 2.75) is 6.54 Å². The van der Waals surface area contributed by atoms with Crippen LogP contribution in [0.5, 0.6) is 0 Å². The van der Waals surface area contributed by atoms with E-state index in [-0.39, 0.29) is 5.56 Å². The number of nitrogens with zero attached hydrogens (tertiary/aromatic N) is 4. The van der Waals surface area contributed by atoms with Crippen molar-refractivity contribution in [3.63, 3.8) is 0 Å². The highest BCUT2D eigenvalue weighted by atomic mass is 35.5. The SMILES string of the molecule is O=c1c2cccnc2ccn1Cc1cnc2ccnc(Cl)c2c1. The van der Waals surface area contributed by atoms with Crippen molar-refractivity contribution in [1.29, 1.82) is 0 Å². The summed E-state index contributed by atoms with van der Waals surface area (Å²) in [6, 6.07) is 9.09. The Morgan fingerprint density at radius 2 is 1.87 bits per heavy atom. The fraction of sp³-hybridized carbons (Fsp3) is 0.0588. The minimum atomic E-state index is -0.0759. The summed E-state index contributed by atoms with van der Waals surface area (Å²) in [5.74, 6) is 0. The summed E-state index contributed by atoms with van der Waals surface area (Å²) in [6.07, 6.45) is 6.79. The van der Waals surface area contributed by atoms with Gasteiger partial charge in [-0.25, -0.2) is 4.98 Å². The van der Waals surface area contributed by atoms with Crippen molar-refractivity contribution < 1.29 is 0 Å². The lowest BCUT2D eigenvalue weighted by Crippen LogP contribution is -2.20. The second kappa shape index (κ2) is 5.44. The van der Waals surface area contributed by atoms with Crippen molar-refractivity contribution in [2.75, 3.05) is 0 Å². The number of halogens is 1. The van der Waals surface area contributed by atoms with Gasteiger partial charge in [0.1, 0.15) is 5.15 Å². The number of fused-ring (bicyclic) bond motifs is 2. The van der Waals surface area contributed by atoms with Crippen molar-refractivity contribution in [3.8, 4) is 0 Å². The van der Waals surface area contributed by atoms with E-state index in [0.29, 0.717) is 22.6 Å². The van der Waals surface area contributed by atoms with Gasteiger partial charge in [-0.05, 0) is 35.9 Å². The summed E-state index contributed by atoms with van der Waals surface area (Å²) < 4.78 is 1.64. The monoisotopic (exact) mass is 322 g/mol. The zero-order valence-electron chi connectivity index (χ0n) is 12.0. The maximum Gasteiger partial charge on any atom is 0.260 e. The van der Waals surface area contributed by atoms with Gasteiger partial charge in [0.2, 0.25) is 0 Å². The standard InChI is InChI=1S/C17H11ClN4O/c18-16-13-8-11(9-21-14(13)3-6-20-16)10-22-7-4-15-12(17(22)23)2-1-5-19-15/h1-9H,10H2. The molecule has 0 saturated carbocycles. The molecule has 0 aromatic carbocycles. The van der Waals surface area contributed by atoms with Crippen LogP contribution in [0.3, 0.4) is 0 Å². The average molecular weight is 323 g/mol. The lowest BCUT2D eigenvalue weighted by Gasteiger charge is -2.08. The Hall–Kier alpha value is -2.79. The summed E-state index contributed by atoms with van der Waals surface area (Å²) in [5, 5.41) is 1.79. The van der Waals surface area contributed by atoms with Gasteiger partial charge < -0.3 is 4.57 Å². The number of hydrogen-bond donors (Lipinski definition) is 0. The van der Waals surface area contributed by atoms with E-state index in [9.17, 15) is 4.79 Å². The summed E-state index contributed by atoms with van der Waals surface area (Å²) in [7, 11) is 0. The molecule has 0 amide bonds. The van der Waals surface area contributed by atoms with Gasteiger partial charge in [-0.2, -0.15) is 0 Å². The Bertz CT molecular complexity index is 1090. The van der Waals surface area contributed by atoms with Crippen LogP contribution in [-0.2, 0) is 6.54 Å². The summed E-state index contributed by atoms with van der Waals surface area (Å²) in [4.78, 5) is 25.2. The number of rotatable bonds is 2. The minimum Gasteiger partial charge on any atom is -0.310 e. The second-order valence-corrected chi connectivity index (χ2v) is 5.56. The topological polar surface area (TPSA) is 60.7 Å². The molecule has 23 heavy (non-hydrogen) atoms. The smallest absolute Gasteiger partial charge is 0.260 e. The molecule has 4 heterocycles. The third kappa shape index (κ3) is 2.45. The van der Waals surface area contributed by atoms with Crippen molar-refractivity contribution >= 4 is 33.4 Å². The van der Waals surface area contributed by atoms with Gasteiger partial charge in [0.15, 0.2) is 0 Å². The molecule has 4 rings (SSSR count). The molecule has 0 unspecified atom stereocenters. The van der Waals surface area contributed by atoms with E-state index < -0.39 is 0 Å². The summed E-state index contributed by atoms with van der Waals surface area (Å²) >= 11 is 6.11. The Morgan fingerprint density at radius 1 is 1.00 bits per heavy atom. The van der Waals surface area contributed by atoms with E-state index in [1.807, 2.05) is 12.1 Å². The van der Waals surface area contributed by atoms with Gasteiger partial charge in [-0.15, -0.1) is 0 Å². The maximum atomic E-state index is 12.5. The summed E-state index contributed by atoms with van der Waals surface area (Å²) in [5.41, 5.74) is 2.28. The number of pyridine rings is 4. The largest absolute Gasteiger partial charge is 0.310 e. The van der Waals surface area contributed by atoms with Crippen LogP contribution in [0.4, 0.5) is 0 Å². The first-order valence-corrected chi connectivity index (χ1v) is 7.43. The number of hydrogen-bond acceptors (Lipinski definition) is 4. The molecule has 0 bridgehead atoms. The molecule has 5 nitrogen and oxygen atoms in total. The quantitative estimate of drug-likeness (QED) is 0.532. The van der Waals surface area contributed by atoms with E-state index >= 15 is 0 Å². The van der Waals surface area contributed by atoms with Crippen LogP contribution >= 0.6 is 11.6 Å². The van der Waals surface area contributed by atoms with E-state index in [0.717, 1.165) is 16.5 Å². The first kappa shape index (κ1) is 13.8. The van der Waals surface area contributed by atoms with Gasteiger partial charge >= 0.3 is 0 Å². The molecule has 4 aromatic rings. The molecule has 0 spiro atoms. The molecule has 0 saturated heterocycles. The van der Waals surface area contributed by atoms with Gasteiger partial charge in [0.05, 0.1) is 23.0 Å². The lowest BCUT2D eigenvalue weighted by molar-refractivity contribution is 0.765. The Morgan fingerprint density at radius 3 is 2.78 bits per heavy atom. The van der Waals surface area contributed by atoms with Crippen LogP contribution in [0.25, 0.3) is 21.8 Å². The zero-order chi connectivity index (χ0) is 15.8. The normalized spacial score (nSPS) is 11.2. The minimum absolute atomic E-state index is 0.0759.